The molecule has 6 nitrogen and oxygen atoms in total. The Morgan fingerprint density at radius 3 is 2.04 bits per heavy atom. The summed E-state index contributed by atoms with van der Waals surface area (Å²) < 4.78 is 0. The Bertz CT molecular complexity index is 905. The maximum Gasteiger partial charge on any atom is 0.273 e. The molecule has 25 heavy (non-hydrogen) atoms. The Balaban J connectivity index is 1.70. The van der Waals surface area contributed by atoms with Crippen molar-refractivity contribution in [2.24, 2.45) is 0 Å². The molecule has 0 aliphatic heterocycles. The molecule has 0 aliphatic rings. The number of aromatic amines is 1. The minimum Gasteiger partial charge on any atom is -0.277 e. The highest BCUT2D eigenvalue weighted by Gasteiger charge is 2.16. The van der Waals surface area contributed by atoms with E-state index in [-0.39, 0.29) is 0 Å². The van der Waals surface area contributed by atoms with Gasteiger partial charge in [0.1, 0.15) is 0 Å². The van der Waals surface area contributed by atoms with E-state index in [1.54, 1.807) is 48.5 Å². The number of carbonyl (C=O) groups is 2. The monoisotopic (exact) mass is 374 g/mol. The van der Waals surface area contributed by atoms with Crippen LogP contribution in [-0.4, -0.2) is 22.0 Å². The van der Waals surface area contributed by atoms with Crippen LogP contribution in [0.4, 0.5) is 0 Å². The van der Waals surface area contributed by atoms with Crippen LogP contribution in [-0.2, 0) is 0 Å². The molecule has 2 amide bonds. The number of amides is 2. The van der Waals surface area contributed by atoms with Crippen molar-refractivity contribution in [1.82, 2.24) is 21.0 Å². The van der Waals surface area contributed by atoms with Crippen molar-refractivity contribution in [3.8, 4) is 11.3 Å². The van der Waals surface area contributed by atoms with Gasteiger partial charge in [-0.2, -0.15) is 5.10 Å². The fourth-order valence-corrected chi connectivity index (χ4v) is 2.40. The summed E-state index contributed by atoms with van der Waals surface area (Å²) in [4.78, 5) is 24.3. The van der Waals surface area contributed by atoms with Gasteiger partial charge in [0, 0.05) is 21.2 Å². The van der Waals surface area contributed by atoms with Gasteiger partial charge < -0.3 is 0 Å². The minimum absolute atomic E-state index is 0.290. The fourth-order valence-electron chi connectivity index (χ4n) is 2.15. The SMILES string of the molecule is O=C(NNC(=O)c1cn[nH]c1-c1ccc(Cl)cc1)c1ccc(Cl)cc1. The largest absolute Gasteiger partial charge is 0.277 e. The number of aromatic nitrogens is 2. The van der Waals surface area contributed by atoms with Crippen LogP contribution in [0.15, 0.2) is 54.7 Å². The molecule has 2 aromatic carbocycles. The van der Waals surface area contributed by atoms with E-state index in [2.05, 4.69) is 21.0 Å². The summed E-state index contributed by atoms with van der Waals surface area (Å²) in [6.07, 6.45) is 1.38. The quantitative estimate of drug-likeness (QED) is 0.613. The zero-order chi connectivity index (χ0) is 17.8. The van der Waals surface area contributed by atoms with Crippen molar-refractivity contribution >= 4 is 35.0 Å². The fraction of sp³-hybridized carbons (Fsp3) is 0. The van der Waals surface area contributed by atoms with Gasteiger partial charge in [-0.1, -0.05) is 35.3 Å². The zero-order valence-electron chi connectivity index (χ0n) is 12.7. The van der Waals surface area contributed by atoms with Crippen LogP contribution in [0.3, 0.4) is 0 Å². The Morgan fingerprint density at radius 1 is 0.840 bits per heavy atom. The number of nitrogens with zero attached hydrogens (tertiary/aromatic N) is 1. The average Bonchev–Trinajstić information content (AvgIpc) is 3.10. The van der Waals surface area contributed by atoms with Crippen LogP contribution in [0.1, 0.15) is 20.7 Å². The Kier molecular flexibility index (Phi) is 5.02. The number of halogens is 2. The normalized spacial score (nSPS) is 10.3. The molecule has 3 N–H and O–H groups in total. The first-order valence-corrected chi connectivity index (χ1v) is 7.96. The van der Waals surface area contributed by atoms with Gasteiger partial charge in [0.05, 0.1) is 17.5 Å². The van der Waals surface area contributed by atoms with Crippen molar-refractivity contribution in [3.05, 3.63) is 75.9 Å². The third kappa shape index (κ3) is 3.99. The number of carbonyl (C=O) groups excluding carboxylic acids is 2. The predicted octanol–water partition coefficient (Wildman–Crippen LogP) is 3.46. The molecule has 0 saturated carbocycles. The number of rotatable bonds is 3. The smallest absolute Gasteiger partial charge is 0.273 e. The second-order valence-electron chi connectivity index (χ2n) is 5.08. The molecule has 0 spiro atoms. The molecular formula is C17H12Cl2N4O2. The van der Waals surface area contributed by atoms with Crippen molar-refractivity contribution in [3.63, 3.8) is 0 Å². The maximum atomic E-state index is 12.3. The van der Waals surface area contributed by atoms with Gasteiger partial charge in [-0.05, 0) is 36.4 Å². The standard InChI is InChI=1S/C17H12Cl2N4O2/c18-12-5-1-10(2-6-12)15-14(9-20-21-15)17(25)23-22-16(24)11-3-7-13(19)8-4-11/h1-9H,(H,20,21)(H,22,24)(H,23,25). The molecule has 126 valence electrons. The third-order valence-electron chi connectivity index (χ3n) is 3.41. The Labute approximate surface area is 153 Å². The topological polar surface area (TPSA) is 86.9 Å². The molecule has 0 bridgehead atoms. The van der Waals surface area contributed by atoms with Crippen LogP contribution in [0.25, 0.3) is 11.3 Å². The minimum atomic E-state index is -0.499. The average molecular weight is 375 g/mol. The molecule has 1 aromatic heterocycles. The third-order valence-corrected chi connectivity index (χ3v) is 3.92. The van der Waals surface area contributed by atoms with Crippen molar-refractivity contribution < 1.29 is 9.59 Å². The number of nitrogens with one attached hydrogen (secondary N) is 3. The number of hydrogen-bond donors (Lipinski definition) is 3. The van der Waals surface area contributed by atoms with E-state index >= 15 is 0 Å². The summed E-state index contributed by atoms with van der Waals surface area (Å²) in [7, 11) is 0. The summed E-state index contributed by atoms with van der Waals surface area (Å²) in [6.45, 7) is 0. The second-order valence-corrected chi connectivity index (χ2v) is 5.95. The number of benzene rings is 2. The van der Waals surface area contributed by atoms with Gasteiger partial charge in [0.2, 0.25) is 0 Å². The molecule has 0 saturated heterocycles. The van der Waals surface area contributed by atoms with Gasteiger partial charge in [0.15, 0.2) is 0 Å². The summed E-state index contributed by atoms with van der Waals surface area (Å²) in [5.74, 6) is -0.956. The molecular weight excluding hydrogens is 363 g/mol. The molecule has 0 atom stereocenters. The molecule has 3 aromatic rings. The summed E-state index contributed by atoms with van der Waals surface area (Å²) in [5, 5.41) is 7.76. The first kappa shape index (κ1) is 17.0. The van der Waals surface area contributed by atoms with Crippen LogP contribution < -0.4 is 10.9 Å². The molecule has 0 radical (unpaired) electrons. The van der Waals surface area contributed by atoms with Crippen molar-refractivity contribution in [1.29, 1.82) is 0 Å². The summed E-state index contributed by atoms with van der Waals surface area (Å²) >= 11 is 11.6. The van der Waals surface area contributed by atoms with Crippen LogP contribution in [0.2, 0.25) is 10.0 Å². The lowest BCUT2D eigenvalue weighted by atomic mass is 10.1. The molecule has 0 fully saturated rings. The van der Waals surface area contributed by atoms with Crippen molar-refractivity contribution in [2.45, 2.75) is 0 Å². The summed E-state index contributed by atoms with van der Waals surface area (Å²) in [6, 6.07) is 13.2. The summed E-state index contributed by atoms with van der Waals surface area (Å²) in [5.41, 5.74) is 6.64. The van der Waals surface area contributed by atoms with Gasteiger partial charge in [-0.3, -0.25) is 25.5 Å². The highest BCUT2D eigenvalue weighted by molar-refractivity contribution is 6.31. The molecule has 8 heteroatoms. The lowest BCUT2D eigenvalue weighted by molar-refractivity contribution is 0.0847. The van der Waals surface area contributed by atoms with E-state index in [9.17, 15) is 9.59 Å². The van der Waals surface area contributed by atoms with E-state index < -0.39 is 11.8 Å². The molecule has 3 rings (SSSR count). The van der Waals surface area contributed by atoms with Crippen LogP contribution >= 0.6 is 23.2 Å². The zero-order valence-corrected chi connectivity index (χ0v) is 14.2. The Morgan fingerprint density at radius 2 is 1.40 bits per heavy atom. The first-order chi connectivity index (χ1) is 12.0. The van der Waals surface area contributed by atoms with E-state index in [0.717, 1.165) is 5.56 Å². The molecule has 0 aliphatic carbocycles. The maximum absolute atomic E-state index is 12.3. The number of hydrogen-bond acceptors (Lipinski definition) is 3. The highest BCUT2D eigenvalue weighted by Crippen LogP contribution is 2.22. The van der Waals surface area contributed by atoms with E-state index in [0.29, 0.717) is 26.9 Å². The highest BCUT2D eigenvalue weighted by atomic mass is 35.5. The second kappa shape index (κ2) is 7.38. The van der Waals surface area contributed by atoms with Gasteiger partial charge in [-0.25, -0.2) is 0 Å². The lowest BCUT2D eigenvalue weighted by Crippen LogP contribution is -2.41. The molecule has 0 unspecified atom stereocenters. The van der Waals surface area contributed by atoms with Crippen LogP contribution in [0.5, 0.6) is 0 Å². The molecule has 1 heterocycles. The number of H-pyrrole nitrogens is 1. The van der Waals surface area contributed by atoms with Crippen molar-refractivity contribution in [2.75, 3.05) is 0 Å². The van der Waals surface area contributed by atoms with Gasteiger partial charge in [0.25, 0.3) is 11.8 Å². The van der Waals surface area contributed by atoms with E-state index in [1.165, 1.54) is 6.20 Å². The Hall–Kier alpha value is -2.83. The van der Waals surface area contributed by atoms with E-state index in [4.69, 9.17) is 23.2 Å². The number of hydrazine groups is 1. The van der Waals surface area contributed by atoms with Gasteiger partial charge in [-0.15, -0.1) is 0 Å². The predicted molar refractivity (Wildman–Crippen MR) is 95.4 cm³/mol. The first-order valence-electron chi connectivity index (χ1n) is 7.20. The van der Waals surface area contributed by atoms with Gasteiger partial charge >= 0.3 is 0 Å². The van der Waals surface area contributed by atoms with Crippen LogP contribution in [0, 0.1) is 0 Å². The lowest BCUT2D eigenvalue weighted by Gasteiger charge is -2.08. The van der Waals surface area contributed by atoms with E-state index in [1.807, 2.05) is 0 Å².